The van der Waals surface area contributed by atoms with Gasteiger partial charge >= 0.3 is 0 Å². The Labute approximate surface area is 177 Å². The predicted molar refractivity (Wildman–Crippen MR) is 118 cm³/mol. The molecule has 2 fully saturated rings. The van der Waals surface area contributed by atoms with Gasteiger partial charge in [-0.25, -0.2) is 0 Å². The lowest BCUT2D eigenvalue weighted by molar-refractivity contribution is -0.122. The van der Waals surface area contributed by atoms with Crippen LogP contribution in [0.3, 0.4) is 0 Å². The topological polar surface area (TPSA) is 68.8 Å². The number of halogens is 1. The highest BCUT2D eigenvalue weighted by molar-refractivity contribution is 14.0. The third-order valence-electron chi connectivity index (χ3n) is 5.20. The Balaban J connectivity index is 0.00000243. The average Bonchev–Trinajstić information content (AvgIpc) is 3.14. The molecule has 2 saturated heterocycles. The van der Waals surface area contributed by atoms with Gasteiger partial charge in [0, 0.05) is 43.5 Å². The van der Waals surface area contributed by atoms with Crippen LogP contribution in [0, 0.1) is 5.92 Å². The van der Waals surface area contributed by atoms with Crippen molar-refractivity contribution in [2.45, 2.75) is 37.8 Å². The van der Waals surface area contributed by atoms with E-state index in [1.54, 1.807) is 7.05 Å². The van der Waals surface area contributed by atoms with Gasteiger partial charge in [0.2, 0.25) is 5.91 Å². The molecule has 1 amide bonds. The van der Waals surface area contributed by atoms with Crippen LogP contribution in [-0.4, -0.2) is 56.5 Å². The van der Waals surface area contributed by atoms with E-state index in [2.05, 4.69) is 50.4 Å². The molecule has 0 spiro atoms. The molecule has 2 aliphatic rings. The molecule has 3 heterocycles. The number of aliphatic imine (C=N–C) groups is 1. The van der Waals surface area contributed by atoms with Crippen LogP contribution >= 0.6 is 35.3 Å². The molecule has 1 aromatic rings. The number of nitrogens with one attached hydrogen (secondary N) is 3. The SMILES string of the molecule is CN=C(NCC1CCCN(C)C1c1cccs1)NC1CCC(=O)NC1.I. The Hall–Kier alpha value is -0.870. The normalized spacial score (nSPS) is 27.4. The first kappa shape index (κ1) is 21.4. The van der Waals surface area contributed by atoms with Gasteiger partial charge in [0.25, 0.3) is 0 Å². The molecule has 3 rings (SSSR count). The molecule has 8 heteroatoms. The maximum absolute atomic E-state index is 11.3. The average molecular weight is 491 g/mol. The van der Waals surface area contributed by atoms with Crippen LogP contribution in [0.5, 0.6) is 0 Å². The Morgan fingerprint density at radius 1 is 1.46 bits per heavy atom. The quantitative estimate of drug-likeness (QED) is 0.343. The summed E-state index contributed by atoms with van der Waals surface area (Å²) in [5, 5.41) is 12.0. The summed E-state index contributed by atoms with van der Waals surface area (Å²) in [7, 11) is 4.04. The van der Waals surface area contributed by atoms with Crippen molar-refractivity contribution in [1.29, 1.82) is 0 Å². The molecular weight excluding hydrogens is 461 g/mol. The molecule has 0 aromatic carbocycles. The van der Waals surface area contributed by atoms with Crippen LogP contribution in [-0.2, 0) is 4.79 Å². The van der Waals surface area contributed by atoms with Crippen molar-refractivity contribution in [2.24, 2.45) is 10.9 Å². The molecule has 3 N–H and O–H groups in total. The molecule has 1 aromatic heterocycles. The van der Waals surface area contributed by atoms with Crippen LogP contribution in [0.1, 0.15) is 36.6 Å². The largest absolute Gasteiger partial charge is 0.356 e. The zero-order chi connectivity index (χ0) is 17.6. The van der Waals surface area contributed by atoms with Gasteiger partial charge in [-0.05, 0) is 50.2 Å². The van der Waals surface area contributed by atoms with Crippen LogP contribution in [0.25, 0.3) is 0 Å². The molecule has 26 heavy (non-hydrogen) atoms. The molecule has 6 nitrogen and oxygen atoms in total. The number of amides is 1. The summed E-state index contributed by atoms with van der Waals surface area (Å²) < 4.78 is 0. The highest BCUT2D eigenvalue weighted by Crippen LogP contribution is 2.36. The monoisotopic (exact) mass is 491 g/mol. The number of guanidine groups is 1. The molecule has 0 bridgehead atoms. The van der Waals surface area contributed by atoms with Crippen LogP contribution < -0.4 is 16.0 Å². The minimum absolute atomic E-state index is 0. The molecule has 146 valence electrons. The minimum atomic E-state index is 0. The van der Waals surface area contributed by atoms with E-state index in [1.807, 2.05) is 11.3 Å². The summed E-state index contributed by atoms with van der Waals surface area (Å²) in [6, 6.07) is 5.13. The maximum atomic E-state index is 11.3. The van der Waals surface area contributed by atoms with E-state index in [-0.39, 0.29) is 35.9 Å². The Morgan fingerprint density at radius 2 is 2.31 bits per heavy atom. The summed E-state index contributed by atoms with van der Waals surface area (Å²) in [6.07, 6.45) is 3.92. The first-order valence-corrected chi connectivity index (χ1v) is 10.0. The number of nitrogens with zero attached hydrogens (tertiary/aromatic N) is 2. The first-order chi connectivity index (χ1) is 12.2. The van der Waals surface area contributed by atoms with E-state index < -0.39 is 0 Å². The van der Waals surface area contributed by atoms with E-state index in [0.29, 0.717) is 24.9 Å². The van der Waals surface area contributed by atoms with E-state index in [1.165, 1.54) is 17.7 Å². The molecule has 3 atom stereocenters. The molecular formula is C18H30IN5OS. The number of rotatable bonds is 4. The standard InChI is InChI=1S/C18H29N5OS.HI/c1-19-18(22-14-7-8-16(24)20-12-14)21-11-13-5-3-9-23(2)17(13)15-6-4-10-25-15;/h4,6,10,13-14,17H,3,5,7-9,11-12H2,1-2H3,(H,20,24)(H2,19,21,22);1H. The maximum Gasteiger partial charge on any atom is 0.220 e. The van der Waals surface area contributed by atoms with Crippen molar-refractivity contribution < 1.29 is 4.79 Å². The van der Waals surface area contributed by atoms with Gasteiger partial charge in [-0.15, -0.1) is 35.3 Å². The third kappa shape index (κ3) is 5.56. The predicted octanol–water partition coefficient (Wildman–Crippen LogP) is 2.19. The second kappa shape index (κ2) is 10.5. The van der Waals surface area contributed by atoms with E-state index in [9.17, 15) is 4.79 Å². The van der Waals surface area contributed by atoms with Gasteiger partial charge in [-0.1, -0.05) is 6.07 Å². The van der Waals surface area contributed by atoms with Crippen molar-refractivity contribution in [1.82, 2.24) is 20.9 Å². The van der Waals surface area contributed by atoms with Gasteiger partial charge in [0.1, 0.15) is 0 Å². The molecule has 3 unspecified atom stereocenters. The van der Waals surface area contributed by atoms with Crippen molar-refractivity contribution in [3.63, 3.8) is 0 Å². The van der Waals surface area contributed by atoms with E-state index in [4.69, 9.17) is 0 Å². The van der Waals surface area contributed by atoms with Crippen molar-refractivity contribution in [3.05, 3.63) is 22.4 Å². The lowest BCUT2D eigenvalue weighted by atomic mass is 9.88. The number of hydrogen-bond donors (Lipinski definition) is 3. The summed E-state index contributed by atoms with van der Waals surface area (Å²) in [5.41, 5.74) is 0. The molecule has 0 aliphatic carbocycles. The van der Waals surface area contributed by atoms with Gasteiger partial charge in [0.05, 0.1) is 0 Å². The Kier molecular flexibility index (Phi) is 8.62. The third-order valence-corrected chi connectivity index (χ3v) is 6.15. The fourth-order valence-corrected chi connectivity index (χ4v) is 4.84. The number of likely N-dealkylation sites (tertiary alicyclic amines) is 1. The Bertz CT molecular complexity index is 584. The van der Waals surface area contributed by atoms with Gasteiger partial charge in [-0.2, -0.15) is 0 Å². The summed E-state index contributed by atoms with van der Waals surface area (Å²) in [4.78, 5) is 19.6. The minimum Gasteiger partial charge on any atom is -0.356 e. The van der Waals surface area contributed by atoms with Gasteiger partial charge in [0.15, 0.2) is 5.96 Å². The molecule has 0 radical (unpaired) electrons. The van der Waals surface area contributed by atoms with E-state index >= 15 is 0 Å². The van der Waals surface area contributed by atoms with E-state index in [0.717, 1.165) is 25.5 Å². The van der Waals surface area contributed by atoms with Crippen LogP contribution in [0.15, 0.2) is 22.5 Å². The van der Waals surface area contributed by atoms with Gasteiger partial charge in [-0.3, -0.25) is 14.7 Å². The molecule has 2 aliphatic heterocycles. The highest BCUT2D eigenvalue weighted by Gasteiger charge is 2.31. The number of carbonyl (C=O) groups excluding carboxylic acids is 1. The van der Waals surface area contributed by atoms with Crippen molar-refractivity contribution >= 4 is 47.2 Å². The zero-order valence-electron chi connectivity index (χ0n) is 15.5. The zero-order valence-corrected chi connectivity index (χ0v) is 18.7. The summed E-state index contributed by atoms with van der Waals surface area (Å²) in [6.45, 7) is 2.74. The lowest BCUT2D eigenvalue weighted by Gasteiger charge is -2.39. The van der Waals surface area contributed by atoms with Gasteiger partial charge < -0.3 is 16.0 Å². The van der Waals surface area contributed by atoms with Crippen LogP contribution in [0.4, 0.5) is 0 Å². The highest BCUT2D eigenvalue weighted by atomic mass is 127. The Morgan fingerprint density at radius 3 is 2.96 bits per heavy atom. The summed E-state index contributed by atoms with van der Waals surface area (Å²) >= 11 is 1.85. The second-order valence-corrected chi connectivity index (χ2v) is 7.96. The first-order valence-electron chi connectivity index (χ1n) is 9.15. The van der Waals surface area contributed by atoms with Crippen LogP contribution in [0.2, 0.25) is 0 Å². The smallest absolute Gasteiger partial charge is 0.220 e. The fraction of sp³-hybridized carbons (Fsp3) is 0.667. The second-order valence-electron chi connectivity index (χ2n) is 6.98. The number of thiophene rings is 1. The lowest BCUT2D eigenvalue weighted by Crippen LogP contribution is -2.52. The fourth-order valence-electron chi connectivity index (χ4n) is 3.85. The van der Waals surface area contributed by atoms with Crippen molar-refractivity contribution in [2.75, 3.05) is 33.7 Å². The molecule has 0 saturated carbocycles. The van der Waals surface area contributed by atoms with Crippen molar-refractivity contribution in [3.8, 4) is 0 Å². The summed E-state index contributed by atoms with van der Waals surface area (Å²) in [5.74, 6) is 1.55. The number of hydrogen-bond acceptors (Lipinski definition) is 4. The number of piperidine rings is 2. The number of carbonyl (C=O) groups is 1.